The summed E-state index contributed by atoms with van der Waals surface area (Å²) in [7, 11) is 0. The lowest BCUT2D eigenvalue weighted by Gasteiger charge is -2.21. The average Bonchev–Trinajstić information content (AvgIpc) is 2.80. The van der Waals surface area contributed by atoms with Crippen molar-refractivity contribution in [2.75, 3.05) is 13.2 Å². The van der Waals surface area contributed by atoms with Gasteiger partial charge in [0.05, 0.1) is 23.3 Å². The normalized spacial score (nSPS) is 11.1. The number of ketones is 2. The average molecular weight is 523 g/mol. The lowest BCUT2D eigenvalue weighted by Crippen LogP contribution is -2.35. The van der Waals surface area contributed by atoms with E-state index in [0.29, 0.717) is 21.2 Å². The lowest BCUT2D eigenvalue weighted by atomic mass is 9.84. The zero-order chi connectivity index (χ0) is 27.0. The number of rotatable bonds is 8. The van der Waals surface area contributed by atoms with E-state index in [4.69, 9.17) is 32.7 Å². The van der Waals surface area contributed by atoms with E-state index in [1.54, 1.807) is 64.1 Å². The monoisotopic (exact) mass is 522 g/mol. The molecule has 0 bridgehead atoms. The van der Waals surface area contributed by atoms with Crippen molar-refractivity contribution in [3.8, 4) is 0 Å². The van der Waals surface area contributed by atoms with E-state index >= 15 is 0 Å². The molecule has 0 aliphatic rings. The minimum Gasteiger partial charge on any atom is -0.465 e. The van der Waals surface area contributed by atoms with Gasteiger partial charge in [-0.15, -0.1) is 0 Å². The Kier molecular flexibility index (Phi) is 11.1. The van der Waals surface area contributed by atoms with Crippen molar-refractivity contribution in [1.29, 1.82) is 0 Å². The van der Waals surface area contributed by atoms with Crippen LogP contribution < -0.4 is 0 Å². The molecule has 0 aromatic heterocycles. The van der Waals surface area contributed by atoms with E-state index < -0.39 is 22.8 Å². The summed E-state index contributed by atoms with van der Waals surface area (Å²) < 4.78 is 9.80. The first-order valence-corrected chi connectivity index (χ1v) is 11.9. The van der Waals surface area contributed by atoms with E-state index in [9.17, 15) is 19.2 Å². The minimum absolute atomic E-state index is 0.247. The number of benzene rings is 2. The minimum atomic E-state index is -1.23. The van der Waals surface area contributed by atoms with Gasteiger partial charge in [0.25, 0.3) is 0 Å². The Bertz CT molecular complexity index is 1090. The first kappa shape index (κ1) is 30.3. The fourth-order valence-electron chi connectivity index (χ4n) is 2.94. The number of halogens is 2. The van der Waals surface area contributed by atoms with Gasteiger partial charge in [0.2, 0.25) is 0 Å². The molecule has 6 nitrogen and oxygen atoms in total. The smallest absolute Gasteiger partial charge is 0.319 e. The van der Waals surface area contributed by atoms with Crippen molar-refractivity contribution < 1.29 is 28.7 Å². The molecule has 0 aliphatic heterocycles. The van der Waals surface area contributed by atoms with Crippen molar-refractivity contribution in [2.45, 2.75) is 48.5 Å². The van der Waals surface area contributed by atoms with Crippen LogP contribution in [0.4, 0.5) is 0 Å². The van der Waals surface area contributed by atoms with E-state index in [1.807, 2.05) is 13.0 Å². The Balaban J connectivity index is 0.000000351. The number of carbonyl (C=O) groups excluding carboxylic acids is 4. The highest BCUT2D eigenvalue weighted by molar-refractivity contribution is 6.35. The summed E-state index contributed by atoms with van der Waals surface area (Å²) in [5, 5.41) is 0.692. The number of hydrogen-bond acceptors (Lipinski definition) is 6. The van der Waals surface area contributed by atoms with Crippen LogP contribution in [0.25, 0.3) is 0 Å². The molecule has 0 saturated heterocycles. The lowest BCUT2D eigenvalue weighted by molar-refractivity contribution is -0.151. The highest BCUT2D eigenvalue weighted by Gasteiger charge is 2.39. The van der Waals surface area contributed by atoms with Crippen LogP contribution in [0.1, 0.15) is 67.8 Å². The zero-order valence-corrected chi connectivity index (χ0v) is 22.7. The van der Waals surface area contributed by atoms with Gasteiger partial charge in [0.1, 0.15) is 10.8 Å². The number of carbonyl (C=O) groups is 4. The molecule has 0 spiro atoms. The topological polar surface area (TPSA) is 86.7 Å². The van der Waals surface area contributed by atoms with Gasteiger partial charge >= 0.3 is 11.9 Å². The van der Waals surface area contributed by atoms with E-state index in [2.05, 4.69) is 0 Å². The number of hydrogen-bond donors (Lipinski definition) is 0. The van der Waals surface area contributed by atoms with Crippen LogP contribution >= 0.6 is 23.2 Å². The molecule has 2 rings (SSSR count). The molecule has 0 heterocycles. The second-order valence-electron chi connectivity index (χ2n) is 8.81. The summed E-state index contributed by atoms with van der Waals surface area (Å²) >= 11 is 11.9. The van der Waals surface area contributed by atoms with Crippen LogP contribution in [-0.2, 0) is 19.1 Å². The predicted octanol–water partition coefficient (Wildman–Crippen LogP) is 6.53. The second kappa shape index (κ2) is 12.8. The Morgan fingerprint density at radius 1 is 0.714 bits per heavy atom. The molecule has 0 N–H and O–H groups in total. The second-order valence-corrected chi connectivity index (χ2v) is 9.63. The predicted molar refractivity (Wildman–Crippen MR) is 137 cm³/mol. The maximum Gasteiger partial charge on any atom is 0.319 e. The molecule has 2 aromatic rings. The maximum absolute atomic E-state index is 12.4. The fraction of sp³-hybridized carbons (Fsp3) is 0.407. The summed E-state index contributed by atoms with van der Waals surface area (Å²) in [6.45, 7) is 11.9. The number of ether oxygens (including phenoxy) is 2. The third-order valence-electron chi connectivity index (χ3n) is 5.19. The van der Waals surface area contributed by atoms with Crippen LogP contribution in [0.2, 0.25) is 10.0 Å². The molecule has 0 aliphatic carbocycles. The Labute approximate surface area is 216 Å². The Hall–Kier alpha value is -2.70. The molecule has 190 valence electrons. The quantitative estimate of drug-likeness (QED) is 0.222. The summed E-state index contributed by atoms with van der Waals surface area (Å²) in [4.78, 5) is 48.1. The van der Waals surface area contributed by atoms with Crippen molar-refractivity contribution in [1.82, 2.24) is 0 Å². The first-order chi connectivity index (χ1) is 16.2. The molecular weight excluding hydrogens is 491 g/mol. The third-order valence-corrected chi connectivity index (χ3v) is 5.85. The van der Waals surface area contributed by atoms with Crippen LogP contribution in [-0.4, -0.2) is 36.7 Å². The van der Waals surface area contributed by atoms with Crippen LogP contribution in [0.5, 0.6) is 0 Å². The molecule has 8 heteroatoms. The number of esters is 2. The van der Waals surface area contributed by atoms with Gasteiger partial charge in [-0.1, -0.05) is 47.0 Å². The largest absolute Gasteiger partial charge is 0.465 e. The summed E-state index contributed by atoms with van der Waals surface area (Å²) in [5.74, 6) is -1.73. The molecule has 0 amide bonds. The first-order valence-electron chi connectivity index (χ1n) is 11.2. The highest BCUT2D eigenvalue weighted by Crippen LogP contribution is 2.29. The van der Waals surface area contributed by atoms with Gasteiger partial charge in [0.15, 0.2) is 11.6 Å². The fourth-order valence-corrected chi connectivity index (χ4v) is 3.37. The molecule has 0 atom stereocenters. The van der Waals surface area contributed by atoms with E-state index in [1.165, 1.54) is 13.8 Å². The SMILES string of the molecule is CCOC(=O)C(C)(C)C(=O)c1cc(C)ccc1Cl.CCOC(=O)C(C)(C)C(=O)c1ccccc1Cl. The molecule has 0 unspecified atom stereocenters. The van der Waals surface area contributed by atoms with Crippen molar-refractivity contribution in [3.05, 3.63) is 69.2 Å². The molecule has 0 radical (unpaired) electrons. The van der Waals surface area contributed by atoms with Crippen molar-refractivity contribution >= 4 is 46.7 Å². The van der Waals surface area contributed by atoms with Gasteiger partial charge in [-0.25, -0.2) is 0 Å². The summed E-state index contributed by atoms with van der Waals surface area (Å²) in [6.07, 6.45) is 0. The van der Waals surface area contributed by atoms with E-state index in [-0.39, 0.29) is 24.8 Å². The highest BCUT2D eigenvalue weighted by atomic mass is 35.5. The Morgan fingerprint density at radius 2 is 1.14 bits per heavy atom. The van der Waals surface area contributed by atoms with Crippen LogP contribution in [0, 0.1) is 17.8 Å². The maximum atomic E-state index is 12.4. The van der Waals surface area contributed by atoms with Crippen molar-refractivity contribution in [3.63, 3.8) is 0 Å². The molecule has 35 heavy (non-hydrogen) atoms. The number of Topliss-reactive ketones (excluding diaryl/α,β-unsaturated/α-hetero) is 2. The molecule has 2 aromatic carbocycles. The van der Waals surface area contributed by atoms with E-state index in [0.717, 1.165) is 5.56 Å². The molecular formula is C27H32Cl2O6. The third kappa shape index (κ3) is 7.64. The van der Waals surface area contributed by atoms with Crippen LogP contribution in [0.15, 0.2) is 42.5 Å². The van der Waals surface area contributed by atoms with Gasteiger partial charge in [-0.2, -0.15) is 0 Å². The summed E-state index contributed by atoms with van der Waals surface area (Å²) in [6, 6.07) is 11.8. The van der Waals surface area contributed by atoms with Gasteiger partial charge < -0.3 is 9.47 Å². The van der Waals surface area contributed by atoms with Gasteiger partial charge in [-0.3, -0.25) is 19.2 Å². The molecule has 0 fully saturated rings. The molecule has 0 saturated carbocycles. The van der Waals surface area contributed by atoms with Gasteiger partial charge in [0, 0.05) is 11.1 Å². The van der Waals surface area contributed by atoms with Crippen LogP contribution in [0.3, 0.4) is 0 Å². The number of aryl methyl sites for hydroxylation is 1. The zero-order valence-electron chi connectivity index (χ0n) is 21.2. The van der Waals surface area contributed by atoms with Gasteiger partial charge in [-0.05, 0) is 72.7 Å². The van der Waals surface area contributed by atoms with Crippen molar-refractivity contribution in [2.24, 2.45) is 10.8 Å². The Morgan fingerprint density at radius 3 is 1.60 bits per heavy atom. The summed E-state index contributed by atoms with van der Waals surface area (Å²) in [5.41, 5.74) is -0.835. The standard InChI is InChI=1S/C14H17ClO3.C13H15ClO3/c1-5-18-13(17)14(3,4)12(16)10-8-9(2)6-7-11(10)15;1-4-17-12(16)13(2,3)11(15)9-7-5-6-8-10(9)14/h6-8H,5H2,1-4H3;5-8H,4H2,1-3H3.